The van der Waals surface area contributed by atoms with Crippen LogP contribution in [0.15, 0.2) is 96.0 Å². The number of nitrogens with one attached hydrogen (secondary N) is 1. The highest BCUT2D eigenvalue weighted by Gasteiger charge is 2.42. The molecule has 4 heterocycles. The van der Waals surface area contributed by atoms with Crippen LogP contribution in [-0.2, 0) is 0 Å². The first-order valence-electron chi connectivity index (χ1n) is 9.56. The lowest BCUT2D eigenvalue weighted by atomic mass is 10.0. The van der Waals surface area contributed by atoms with Crippen molar-refractivity contribution < 1.29 is 0 Å². The zero-order valence-corrected chi connectivity index (χ0v) is 18.3. The molecule has 1 N–H and O–H groups in total. The Morgan fingerprint density at radius 3 is 2.40 bits per heavy atom. The molecule has 0 amide bonds. The minimum atomic E-state index is -0.0853. The monoisotopic (exact) mass is 475 g/mol. The summed E-state index contributed by atoms with van der Waals surface area (Å²) in [4.78, 5) is 11.0. The van der Waals surface area contributed by atoms with Crippen LogP contribution in [0.25, 0.3) is 5.69 Å². The van der Waals surface area contributed by atoms with Crippen molar-refractivity contribution in [2.75, 3.05) is 4.90 Å². The van der Waals surface area contributed by atoms with E-state index in [0.29, 0.717) is 5.11 Å². The summed E-state index contributed by atoms with van der Waals surface area (Å²) < 4.78 is 3.21. The molecular weight excluding hydrogens is 458 g/mol. The molecule has 2 unspecified atom stereocenters. The van der Waals surface area contributed by atoms with Crippen molar-refractivity contribution in [3.63, 3.8) is 0 Å². The largest absolute Gasteiger partial charge is 0.351 e. The molecule has 0 bridgehead atoms. The van der Waals surface area contributed by atoms with Crippen molar-refractivity contribution in [1.29, 1.82) is 0 Å². The fourth-order valence-corrected chi connectivity index (χ4v) is 4.52. The fourth-order valence-electron chi connectivity index (χ4n) is 3.91. The molecule has 5 nitrogen and oxygen atoms in total. The van der Waals surface area contributed by atoms with Gasteiger partial charge in [0.1, 0.15) is 6.04 Å². The maximum atomic E-state index is 5.80. The minimum absolute atomic E-state index is 0.0725. The van der Waals surface area contributed by atoms with E-state index in [4.69, 9.17) is 12.2 Å². The molecule has 2 atom stereocenters. The lowest BCUT2D eigenvalue weighted by molar-refractivity contribution is 0.549. The average molecular weight is 476 g/mol. The fraction of sp³-hybridized carbons (Fsp3) is 0.0870. The van der Waals surface area contributed by atoms with Crippen LogP contribution in [0.3, 0.4) is 0 Å². The van der Waals surface area contributed by atoms with Crippen molar-refractivity contribution in [3.05, 3.63) is 107 Å². The Morgan fingerprint density at radius 2 is 1.67 bits per heavy atom. The number of anilines is 1. The molecule has 0 radical (unpaired) electrons. The highest BCUT2D eigenvalue weighted by atomic mass is 79.9. The molecule has 3 aromatic heterocycles. The number of nitrogens with zero attached hydrogens (tertiary/aromatic N) is 4. The van der Waals surface area contributed by atoms with E-state index in [1.54, 1.807) is 12.4 Å². The Morgan fingerprint density at radius 1 is 0.867 bits per heavy atom. The smallest absolute Gasteiger partial charge is 0.174 e. The predicted octanol–water partition coefficient (Wildman–Crippen LogP) is 5.21. The second kappa shape index (κ2) is 8.01. The summed E-state index contributed by atoms with van der Waals surface area (Å²) in [5.74, 6) is 0. The molecule has 1 fully saturated rings. The average Bonchev–Trinajstić information content (AvgIpc) is 3.40. The van der Waals surface area contributed by atoms with E-state index in [1.807, 2.05) is 48.7 Å². The van der Waals surface area contributed by atoms with E-state index in [-0.39, 0.29) is 12.1 Å². The van der Waals surface area contributed by atoms with Gasteiger partial charge in [0.2, 0.25) is 0 Å². The molecule has 4 aromatic rings. The van der Waals surface area contributed by atoms with Crippen LogP contribution in [0.4, 0.5) is 5.69 Å². The molecule has 5 rings (SSSR count). The van der Waals surface area contributed by atoms with Crippen molar-refractivity contribution in [3.8, 4) is 5.69 Å². The number of benzene rings is 1. The van der Waals surface area contributed by atoms with Crippen LogP contribution < -0.4 is 10.2 Å². The Labute approximate surface area is 188 Å². The lowest BCUT2D eigenvalue weighted by Crippen LogP contribution is -2.30. The summed E-state index contributed by atoms with van der Waals surface area (Å²) in [5, 5.41) is 4.19. The molecule has 1 saturated heterocycles. The third-order valence-corrected chi connectivity index (χ3v) is 6.07. The number of hydrogen-bond donors (Lipinski definition) is 1. The van der Waals surface area contributed by atoms with Gasteiger partial charge in [-0.2, -0.15) is 0 Å². The second-order valence-electron chi connectivity index (χ2n) is 6.98. The molecule has 30 heavy (non-hydrogen) atoms. The molecule has 0 saturated carbocycles. The zero-order chi connectivity index (χ0) is 20.5. The van der Waals surface area contributed by atoms with Gasteiger partial charge in [-0.25, -0.2) is 0 Å². The van der Waals surface area contributed by atoms with Crippen LogP contribution in [0.5, 0.6) is 0 Å². The first kappa shape index (κ1) is 19.0. The first-order valence-corrected chi connectivity index (χ1v) is 10.8. The van der Waals surface area contributed by atoms with Crippen molar-refractivity contribution in [2.24, 2.45) is 0 Å². The van der Waals surface area contributed by atoms with Crippen LogP contribution in [-0.4, -0.2) is 19.6 Å². The quantitative estimate of drug-likeness (QED) is 0.410. The van der Waals surface area contributed by atoms with Crippen LogP contribution in [0, 0.1) is 0 Å². The SMILES string of the molecule is S=C1NC(c2ccccn2)C(c2cccn2-c2ccncc2)N1c1ccc(Br)cc1. The van der Waals surface area contributed by atoms with E-state index >= 15 is 0 Å². The molecule has 1 aliphatic heterocycles. The maximum absolute atomic E-state index is 5.80. The van der Waals surface area contributed by atoms with Gasteiger partial charge in [0.15, 0.2) is 5.11 Å². The highest BCUT2D eigenvalue weighted by Crippen LogP contribution is 2.42. The number of aromatic nitrogens is 3. The first-order chi connectivity index (χ1) is 14.7. The number of hydrogen-bond acceptors (Lipinski definition) is 3. The van der Waals surface area contributed by atoms with Gasteiger partial charge in [-0.15, -0.1) is 0 Å². The zero-order valence-electron chi connectivity index (χ0n) is 15.9. The maximum Gasteiger partial charge on any atom is 0.174 e. The van der Waals surface area contributed by atoms with E-state index in [1.165, 1.54) is 0 Å². The number of pyridine rings is 2. The number of thiocarbonyl (C=S) groups is 1. The molecule has 0 spiro atoms. The molecule has 1 aliphatic rings. The van der Waals surface area contributed by atoms with Crippen molar-refractivity contribution in [1.82, 2.24) is 19.9 Å². The summed E-state index contributed by atoms with van der Waals surface area (Å²) in [6, 6.07) is 22.2. The summed E-state index contributed by atoms with van der Waals surface area (Å²) in [7, 11) is 0. The standard InChI is InChI=1S/C23H18BrN5S/c24-16-6-8-18(9-7-16)29-22(21(27-23(29)30)19-4-1-2-12-26-19)20-5-3-15-28(20)17-10-13-25-14-11-17/h1-15,21-22H,(H,27,30). The summed E-state index contributed by atoms with van der Waals surface area (Å²) >= 11 is 9.33. The van der Waals surface area contributed by atoms with Crippen LogP contribution >= 0.6 is 28.1 Å². The molecule has 1 aromatic carbocycles. The summed E-state index contributed by atoms with van der Waals surface area (Å²) in [5.41, 5.74) is 4.15. The van der Waals surface area contributed by atoms with Crippen molar-refractivity contribution >= 4 is 38.9 Å². The topological polar surface area (TPSA) is 46.0 Å². The van der Waals surface area contributed by atoms with Gasteiger partial charge >= 0.3 is 0 Å². The van der Waals surface area contributed by atoms with Gasteiger partial charge in [0.25, 0.3) is 0 Å². The van der Waals surface area contributed by atoms with E-state index in [0.717, 1.165) is 27.2 Å². The number of halogens is 1. The summed E-state index contributed by atoms with van der Waals surface area (Å²) in [6.45, 7) is 0. The summed E-state index contributed by atoms with van der Waals surface area (Å²) in [6.07, 6.45) is 7.50. The third-order valence-electron chi connectivity index (χ3n) is 5.23. The van der Waals surface area contributed by atoms with E-state index in [9.17, 15) is 0 Å². The second-order valence-corrected chi connectivity index (χ2v) is 8.28. The molecule has 0 aliphatic carbocycles. The minimum Gasteiger partial charge on any atom is -0.351 e. The Kier molecular flexibility index (Phi) is 5.06. The number of rotatable bonds is 4. The third kappa shape index (κ3) is 3.40. The van der Waals surface area contributed by atoms with Gasteiger partial charge in [-0.3, -0.25) is 9.97 Å². The van der Waals surface area contributed by atoms with Gasteiger partial charge in [0.05, 0.1) is 11.7 Å². The molecule has 148 valence electrons. The highest BCUT2D eigenvalue weighted by molar-refractivity contribution is 9.10. The van der Waals surface area contributed by atoms with Gasteiger partial charge in [0, 0.05) is 46.3 Å². The lowest BCUT2D eigenvalue weighted by Gasteiger charge is -2.29. The van der Waals surface area contributed by atoms with Crippen molar-refractivity contribution in [2.45, 2.75) is 12.1 Å². The predicted molar refractivity (Wildman–Crippen MR) is 126 cm³/mol. The Bertz CT molecular complexity index is 1160. The molecule has 7 heteroatoms. The van der Waals surface area contributed by atoms with E-state index in [2.05, 4.69) is 71.1 Å². The van der Waals surface area contributed by atoms with Gasteiger partial charge in [-0.05, 0) is 72.9 Å². The van der Waals surface area contributed by atoms with Crippen LogP contribution in [0.1, 0.15) is 23.5 Å². The molecular formula is C23H18BrN5S. The van der Waals surface area contributed by atoms with E-state index < -0.39 is 0 Å². The normalized spacial score (nSPS) is 18.4. The van der Waals surface area contributed by atoms with Gasteiger partial charge < -0.3 is 14.8 Å². The Balaban J connectivity index is 1.67. The van der Waals surface area contributed by atoms with Gasteiger partial charge in [-0.1, -0.05) is 22.0 Å². The Hall–Kier alpha value is -3.03. The van der Waals surface area contributed by atoms with Crippen LogP contribution in [0.2, 0.25) is 0 Å².